The van der Waals surface area contributed by atoms with Crippen molar-refractivity contribution in [1.29, 1.82) is 0 Å². The molecule has 5 rings (SSSR count). The van der Waals surface area contributed by atoms with Gasteiger partial charge in [0.05, 0.1) is 0 Å². The van der Waals surface area contributed by atoms with Crippen LogP contribution in [-0.4, -0.2) is 0 Å². The molecule has 26 heavy (non-hydrogen) atoms. The monoisotopic (exact) mass is 432 g/mol. The quantitative estimate of drug-likeness (QED) is 0.350. The third-order valence-electron chi connectivity index (χ3n) is 5.13. The first kappa shape index (κ1) is 21.3. The van der Waals surface area contributed by atoms with Crippen LogP contribution in [0, 0.1) is 0 Å². The summed E-state index contributed by atoms with van der Waals surface area (Å²) in [5.74, 6) is 0.393. The summed E-state index contributed by atoms with van der Waals surface area (Å²) in [4.78, 5) is 0. The molecule has 2 aliphatic carbocycles. The van der Waals surface area contributed by atoms with E-state index in [9.17, 15) is 0 Å². The minimum absolute atomic E-state index is 0. The Hall–Kier alpha value is -1.02. The Kier molecular flexibility index (Phi) is 6.83. The molecule has 4 heteroatoms. The van der Waals surface area contributed by atoms with E-state index >= 15 is 0 Å². The molecule has 128 valence electrons. The fourth-order valence-corrected chi connectivity index (χ4v) is 4.91. The van der Waals surface area contributed by atoms with Gasteiger partial charge in [0, 0.05) is 0 Å². The zero-order valence-electron chi connectivity index (χ0n) is 13.8. The topological polar surface area (TPSA) is 0 Å². The van der Waals surface area contributed by atoms with Crippen LogP contribution in [0.3, 0.4) is 0 Å². The average molecular weight is 434 g/mol. The first-order valence-corrected chi connectivity index (χ1v) is 8.94. The third kappa shape index (κ3) is 3.09. The predicted octanol–water partition coefficient (Wildman–Crippen LogP) is -3.50. The fourth-order valence-electron chi connectivity index (χ4n) is 4.11. The van der Waals surface area contributed by atoms with E-state index in [-0.39, 0.29) is 37.2 Å². The molecule has 0 aliphatic heterocycles. The van der Waals surface area contributed by atoms with Gasteiger partial charge in [-0.15, -0.1) is 0 Å². The van der Waals surface area contributed by atoms with E-state index in [1.54, 1.807) is 0 Å². The van der Waals surface area contributed by atoms with Crippen molar-refractivity contribution in [1.82, 2.24) is 0 Å². The maximum atomic E-state index is 2.42. The standard InChI is InChI=1S/C22H15.3ClH.Ti/c1-2-8-16-14-17(13-15(16)7-1)22-20-11-5-3-9-18(20)19-10-4-6-12-21(19)22;;;;/h1-14,22H;3*1H;/q;;;;+3/p-3. The van der Waals surface area contributed by atoms with Crippen molar-refractivity contribution in [2.24, 2.45) is 0 Å². The summed E-state index contributed by atoms with van der Waals surface area (Å²) in [7, 11) is 0. The van der Waals surface area contributed by atoms with E-state index in [1.807, 2.05) is 0 Å². The van der Waals surface area contributed by atoms with E-state index in [1.165, 1.54) is 39.0 Å². The normalized spacial score (nSPS) is 16.2. The van der Waals surface area contributed by atoms with Crippen LogP contribution in [0.15, 0.2) is 78.4 Å². The third-order valence-corrected chi connectivity index (χ3v) is 6.14. The molecular formula is C22H15Cl3Ti. The van der Waals surface area contributed by atoms with Gasteiger partial charge in [-0.1, -0.05) is 0 Å². The second-order valence-electron chi connectivity index (χ2n) is 6.31. The van der Waals surface area contributed by atoms with Gasteiger partial charge in [0.1, 0.15) is 0 Å². The summed E-state index contributed by atoms with van der Waals surface area (Å²) in [5, 5.41) is 0. The number of fused-ring (bicyclic) bond motifs is 4. The van der Waals surface area contributed by atoms with Gasteiger partial charge in [0.2, 0.25) is 0 Å². The van der Waals surface area contributed by atoms with Crippen LogP contribution in [0.25, 0.3) is 17.2 Å². The number of rotatable bonds is 1. The first-order valence-electron chi connectivity index (χ1n) is 8.04. The van der Waals surface area contributed by atoms with E-state index < -0.39 is 0 Å². The van der Waals surface area contributed by atoms with Crippen LogP contribution in [0.4, 0.5) is 0 Å². The molecule has 0 bridgehead atoms. The molecule has 3 aromatic rings. The van der Waals surface area contributed by atoms with Crippen LogP contribution < -0.4 is 37.2 Å². The Bertz CT molecular complexity index is 919. The van der Waals surface area contributed by atoms with Gasteiger partial charge in [-0.3, -0.25) is 0 Å². The predicted molar refractivity (Wildman–Crippen MR) is 90.9 cm³/mol. The first-order chi connectivity index (χ1) is 11.3. The Balaban J connectivity index is 0.000000810. The number of allylic oxidation sites excluding steroid dienone is 1. The maximum absolute atomic E-state index is 2.42. The second kappa shape index (κ2) is 8.34. The SMILES string of the molecule is [Cl-].[Cl-].[Cl-].[Ti+3][CH]1C(C2c3ccccc3-c3ccccc32)=Cc2ccccc21. The van der Waals surface area contributed by atoms with Gasteiger partial charge >= 0.3 is 148 Å². The molecule has 0 amide bonds. The molecule has 2 aliphatic rings. The molecule has 3 aromatic carbocycles. The number of halogens is 3. The minimum atomic E-state index is 0. The zero-order valence-corrected chi connectivity index (χ0v) is 17.6. The Morgan fingerprint density at radius 1 is 0.577 bits per heavy atom. The van der Waals surface area contributed by atoms with Crippen molar-refractivity contribution in [3.05, 3.63) is 101 Å². The fraction of sp³-hybridized carbons (Fsp3) is 0.0909. The van der Waals surface area contributed by atoms with Gasteiger partial charge in [0.25, 0.3) is 0 Å². The van der Waals surface area contributed by atoms with Crippen molar-refractivity contribution in [3.8, 4) is 11.1 Å². The van der Waals surface area contributed by atoms with E-state index in [0.29, 0.717) is 10.1 Å². The van der Waals surface area contributed by atoms with Crippen molar-refractivity contribution >= 4 is 6.08 Å². The average Bonchev–Trinajstić information content (AvgIpc) is 3.11. The Labute approximate surface area is 184 Å². The molecule has 0 fully saturated rings. The van der Waals surface area contributed by atoms with Crippen LogP contribution in [0.2, 0.25) is 0 Å². The zero-order chi connectivity index (χ0) is 15.4. The van der Waals surface area contributed by atoms with Crippen molar-refractivity contribution in [2.45, 2.75) is 10.1 Å². The Morgan fingerprint density at radius 2 is 1.04 bits per heavy atom. The van der Waals surface area contributed by atoms with E-state index in [2.05, 4.69) is 99.3 Å². The van der Waals surface area contributed by atoms with Gasteiger partial charge in [-0.2, -0.15) is 0 Å². The van der Waals surface area contributed by atoms with Crippen molar-refractivity contribution in [3.63, 3.8) is 0 Å². The van der Waals surface area contributed by atoms with Crippen LogP contribution in [0.1, 0.15) is 32.4 Å². The summed E-state index contributed by atoms with van der Waals surface area (Å²) in [5.41, 5.74) is 10.1. The van der Waals surface area contributed by atoms with Gasteiger partial charge < -0.3 is 37.2 Å². The molecule has 0 saturated carbocycles. The Morgan fingerprint density at radius 3 is 1.58 bits per heavy atom. The molecule has 0 saturated heterocycles. The molecule has 0 spiro atoms. The van der Waals surface area contributed by atoms with Crippen LogP contribution >= 0.6 is 0 Å². The summed E-state index contributed by atoms with van der Waals surface area (Å²) in [6, 6.07) is 26.6. The van der Waals surface area contributed by atoms with Gasteiger partial charge in [-0.25, -0.2) is 0 Å². The second-order valence-corrected chi connectivity index (χ2v) is 7.22. The van der Waals surface area contributed by atoms with Crippen LogP contribution in [0.5, 0.6) is 0 Å². The molecule has 0 heterocycles. The summed E-state index contributed by atoms with van der Waals surface area (Å²) in [6.07, 6.45) is 2.42. The van der Waals surface area contributed by atoms with Crippen molar-refractivity contribution in [2.75, 3.05) is 0 Å². The van der Waals surface area contributed by atoms with Gasteiger partial charge in [0.15, 0.2) is 0 Å². The molecule has 1 atom stereocenters. The van der Waals surface area contributed by atoms with Crippen LogP contribution in [-0.2, 0) is 20.4 Å². The molecule has 1 unspecified atom stereocenters. The van der Waals surface area contributed by atoms with E-state index in [4.69, 9.17) is 0 Å². The van der Waals surface area contributed by atoms with Gasteiger partial charge in [-0.05, 0) is 0 Å². The molecule has 0 N–H and O–H groups in total. The molecular weight excluding hydrogens is 418 g/mol. The number of hydrogen-bond acceptors (Lipinski definition) is 0. The van der Waals surface area contributed by atoms with Crippen molar-refractivity contribution < 1.29 is 57.7 Å². The molecule has 0 radical (unpaired) electrons. The number of benzene rings is 3. The molecule has 0 aromatic heterocycles. The number of hydrogen-bond donors (Lipinski definition) is 0. The summed E-state index contributed by atoms with van der Waals surface area (Å²) in [6.45, 7) is 0. The summed E-state index contributed by atoms with van der Waals surface area (Å²) >= 11 is 2.35. The summed E-state index contributed by atoms with van der Waals surface area (Å²) < 4.78 is 0.482. The van der Waals surface area contributed by atoms with E-state index in [0.717, 1.165) is 0 Å². The molecule has 0 nitrogen and oxygen atoms in total.